The summed E-state index contributed by atoms with van der Waals surface area (Å²) >= 11 is 0. The maximum atomic E-state index is 12.9. The van der Waals surface area contributed by atoms with Crippen LogP contribution in [0, 0.1) is 12.8 Å². The van der Waals surface area contributed by atoms with Gasteiger partial charge in [0.2, 0.25) is 5.91 Å². The zero-order valence-corrected chi connectivity index (χ0v) is 11.0. The predicted molar refractivity (Wildman–Crippen MR) is 68.9 cm³/mol. The van der Waals surface area contributed by atoms with Crippen LogP contribution in [0.1, 0.15) is 31.1 Å². The summed E-state index contributed by atoms with van der Waals surface area (Å²) < 4.78 is 12.9. The molecular formula is C14H20FNO2. The molecule has 0 fully saturated rings. The lowest BCUT2D eigenvalue weighted by atomic mass is 10.0. The van der Waals surface area contributed by atoms with Gasteiger partial charge in [0.15, 0.2) is 0 Å². The Morgan fingerprint density at radius 2 is 1.89 bits per heavy atom. The molecule has 3 nitrogen and oxygen atoms in total. The third-order valence-corrected chi connectivity index (χ3v) is 2.82. The van der Waals surface area contributed by atoms with Crippen LogP contribution in [0.25, 0.3) is 0 Å². The first-order chi connectivity index (χ1) is 8.45. The Balaban J connectivity index is 2.75. The maximum absolute atomic E-state index is 12.9. The first-order valence-corrected chi connectivity index (χ1v) is 6.06. The molecule has 0 spiro atoms. The monoisotopic (exact) mass is 253 g/mol. The zero-order chi connectivity index (χ0) is 13.7. The quantitative estimate of drug-likeness (QED) is 0.844. The summed E-state index contributed by atoms with van der Waals surface area (Å²) in [7, 11) is 0. The van der Waals surface area contributed by atoms with Gasteiger partial charge in [-0.3, -0.25) is 4.79 Å². The smallest absolute Gasteiger partial charge is 0.222 e. The van der Waals surface area contributed by atoms with Crippen molar-refractivity contribution in [3.05, 3.63) is 35.4 Å². The topological polar surface area (TPSA) is 49.3 Å². The zero-order valence-electron chi connectivity index (χ0n) is 11.0. The van der Waals surface area contributed by atoms with E-state index >= 15 is 0 Å². The van der Waals surface area contributed by atoms with E-state index in [1.807, 2.05) is 19.1 Å². The minimum atomic E-state index is -1.03. The lowest BCUT2D eigenvalue weighted by Gasteiger charge is -2.23. The standard InChI is InChI=1S/C14H20FNO2/c1-9(2)14(18)16-12(8-15)13(17)11-6-4-10(3)5-7-11/h4-7,9,12-13,17H,8H2,1-3H3,(H,16,18). The van der Waals surface area contributed by atoms with Gasteiger partial charge in [0, 0.05) is 5.92 Å². The number of alkyl halides is 1. The van der Waals surface area contributed by atoms with Crippen molar-refractivity contribution in [2.24, 2.45) is 5.92 Å². The van der Waals surface area contributed by atoms with E-state index in [-0.39, 0.29) is 11.8 Å². The van der Waals surface area contributed by atoms with E-state index in [1.54, 1.807) is 26.0 Å². The largest absolute Gasteiger partial charge is 0.386 e. The van der Waals surface area contributed by atoms with E-state index in [4.69, 9.17) is 0 Å². The van der Waals surface area contributed by atoms with Crippen molar-refractivity contribution in [3.63, 3.8) is 0 Å². The van der Waals surface area contributed by atoms with Crippen LogP contribution in [-0.4, -0.2) is 23.7 Å². The number of benzene rings is 1. The summed E-state index contributed by atoms with van der Waals surface area (Å²) in [5.41, 5.74) is 1.67. The van der Waals surface area contributed by atoms with Crippen molar-refractivity contribution in [2.75, 3.05) is 6.67 Å². The van der Waals surface area contributed by atoms with Gasteiger partial charge in [-0.1, -0.05) is 43.7 Å². The van der Waals surface area contributed by atoms with Crippen LogP contribution in [0.3, 0.4) is 0 Å². The summed E-state index contributed by atoms with van der Waals surface area (Å²) in [5.74, 6) is -0.493. The number of rotatable bonds is 5. The molecule has 1 aromatic carbocycles. The number of halogens is 1. The summed E-state index contributed by atoms with van der Waals surface area (Å²) in [6.07, 6.45) is -1.03. The number of hydrogen-bond acceptors (Lipinski definition) is 2. The maximum Gasteiger partial charge on any atom is 0.222 e. The molecule has 2 N–H and O–H groups in total. The van der Waals surface area contributed by atoms with Gasteiger partial charge in [-0.15, -0.1) is 0 Å². The molecule has 2 atom stereocenters. The van der Waals surface area contributed by atoms with Gasteiger partial charge in [0.1, 0.15) is 12.8 Å². The molecule has 1 rings (SSSR count). The third kappa shape index (κ3) is 3.81. The van der Waals surface area contributed by atoms with E-state index in [9.17, 15) is 14.3 Å². The van der Waals surface area contributed by atoms with Gasteiger partial charge in [-0.25, -0.2) is 4.39 Å². The fraction of sp³-hybridized carbons (Fsp3) is 0.500. The molecule has 0 bridgehead atoms. The van der Waals surface area contributed by atoms with E-state index in [1.165, 1.54) is 0 Å². The van der Waals surface area contributed by atoms with Crippen molar-refractivity contribution < 1.29 is 14.3 Å². The summed E-state index contributed by atoms with van der Waals surface area (Å²) in [6.45, 7) is 4.59. The lowest BCUT2D eigenvalue weighted by Crippen LogP contribution is -2.42. The Labute approximate surface area is 107 Å². The average Bonchev–Trinajstić information content (AvgIpc) is 2.35. The second kappa shape index (κ2) is 6.50. The highest BCUT2D eigenvalue weighted by molar-refractivity contribution is 5.78. The minimum absolute atomic E-state index is 0.232. The predicted octanol–water partition coefficient (Wildman–Crippen LogP) is 2.14. The van der Waals surface area contributed by atoms with Crippen LogP contribution in [0.15, 0.2) is 24.3 Å². The van der Waals surface area contributed by atoms with Gasteiger partial charge >= 0.3 is 0 Å². The van der Waals surface area contributed by atoms with Crippen molar-refractivity contribution in [2.45, 2.75) is 32.9 Å². The molecule has 0 saturated carbocycles. The summed E-state index contributed by atoms with van der Waals surface area (Å²) in [5, 5.41) is 12.6. The van der Waals surface area contributed by atoms with Gasteiger partial charge in [-0.2, -0.15) is 0 Å². The molecule has 4 heteroatoms. The lowest BCUT2D eigenvalue weighted by molar-refractivity contribution is -0.125. The molecule has 0 aliphatic rings. The molecule has 0 heterocycles. The molecule has 0 aromatic heterocycles. The van der Waals surface area contributed by atoms with Gasteiger partial charge < -0.3 is 10.4 Å². The highest BCUT2D eigenvalue weighted by Crippen LogP contribution is 2.18. The Morgan fingerprint density at radius 1 is 1.33 bits per heavy atom. The van der Waals surface area contributed by atoms with Gasteiger partial charge in [-0.05, 0) is 12.5 Å². The Bertz CT molecular complexity index is 389. The number of nitrogens with one attached hydrogen (secondary N) is 1. The van der Waals surface area contributed by atoms with Crippen molar-refractivity contribution >= 4 is 5.91 Å². The van der Waals surface area contributed by atoms with E-state index in [2.05, 4.69) is 5.32 Å². The summed E-state index contributed by atoms with van der Waals surface area (Å²) in [6, 6.07) is 6.27. The number of aliphatic hydroxyl groups excluding tert-OH is 1. The van der Waals surface area contributed by atoms with Crippen LogP contribution < -0.4 is 5.32 Å². The third-order valence-electron chi connectivity index (χ3n) is 2.82. The second-order valence-electron chi connectivity index (χ2n) is 4.78. The highest BCUT2D eigenvalue weighted by Gasteiger charge is 2.23. The Kier molecular flexibility index (Phi) is 5.28. The van der Waals surface area contributed by atoms with E-state index < -0.39 is 18.8 Å². The highest BCUT2D eigenvalue weighted by atomic mass is 19.1. The van der Waals surface area contributed by atoms with Crippen LogP contribution in [0.5, 0.6) is 0 Å². The van der Waals surface area contributed by atoms with Crippen LogP contribution >= 0.6 is 0 Å². The SMILES string of the molecule is Cc1ccc(C(O)C(CF)NC(=O)C(C)C)cc1. The Hall–Kier alpha value is -1.42. The number of carbonyl (C=O) groups is 1. The molecule has 1 amide bonds. The van der Waals surface area contributed by atoms with E-state index in [0.29, 0.717) is 5.56 Å². The number of hydrogen-bond donors (Lipinski definition) is 2. The first-order valence-electron chi connectivity index (χ1n) is 6.06. The molecule has 2 unspecified atom stereocenters. The molecule has 18 heavy (non-hydrogen) atoms. The van der Waals surface area contributed by atoms with Crippen LogP contribution in [0.4, 0.5) is 4.39 Å². The fourth-order valence-electron chi connectivity index (χ4n) is 1.55. The van der Waals surface area contributed by atoms with Gasteiger partial charge in [0.05, 0.1) is 6.04 Å². The van der Waals surface area contributed by atoms with Crippen molar-refractivity contribution in [3.8, 4) is 0 Å². The second-order valence-corrected chi connectivity index (χ2v) is 4.78. The molecule has 0 aliphatic carbocycles. The fourth-order valence-corrected chi connectivity index (χ4v) is 1.55. The van der Waals surface area contributed by atoms with E-state index in [0.717, 1.165) is 5.56 Å². The molecule has 0 saturated heterocycles. The van der Waals surface area contributed by atoms with Crippen LogP contribution in [-0.2, 0) is 4.79 Å². The van der Waals surface area contributed by atoms with Gasteiger partial charge in [0.25, 0.3) is 0 Å². The average molecular weight is 253 g/mol. The molecule has 100 valence electrons. The molecule has 1 aromatic rings. The summed E-state index contributed by atoms with van der Waals surface area (Å²) in [4.78, 5) is 11.5. The number of aryl methyl sites for hydroxylation is 1. The van der Waals surface area contributed by atoms with Crippen molar-refractivity contribution in [1.82, 2.24) is 5.32 Å². The molecular weight excluding hydrogens is 233 g/mol. The Morgan fingerprint density at radius 3 is 2.33 bits per heavy atom. The number of amides is 1. The number of carbonyl (C=O) groups excluding carboxylic acids is 1. The van der Waals surface area contributed by atoms with Crippen LogP contribution in [0.2, 0.25) is 0 Å². The normalized spacial score (nSPS) is 14.3. The molecule has 0 aliphatic heterocycles. The van der Waals surface area contributed by atoms with Crippen molar-refractivity contribution in [1.29, 1.82) is 0 Å². The molecule has 0 radical (unpaired) electrons. The number of aliphatic hydroxyl groups is 1. The minimum Gasteiger partial charge on any atom is -0.386 e. The first kappa shape index (κ1) is 14.6.